The predicted octanol–water partition coefficient (Wildman–Crippen LogP) is 4.32. The van der Waals surface area contributed by atoms with Gasteiger partial charge in [0.25, 0.3) is 0 Å². The topological polar surface area (TPSA) is 23.5 Å². The summed E-state index contributed by atoms with van der Waals surface area (Å²) in [5.41, 5.74) is 0.819. The van der Waals surface area contributed by atoms with E-state index in [9.17, 15) is 5.11 Å². The van der Waals surface area contributed by atoms with Crippen molar-refractivity contribution in [1.82, 2.24) is 4.90 Å². The van der Waals surface area contributed by atoms with E-state index < -0.39 is 0 Å². The van der Waals surface area contributed by atoms with E-state index >= 15 is 0 Å². The first-order chi connectivity index (χ1) is 11.3. The smallest absolute Gasteiger partial charge is 0.0656 e. The van der Waals surface area contributed by atoms with Crippen molar-refractivity contribution in [3.63, 3.8) is 0 Å². The van der Waals surface area contributed by atoms with Gasteiger partial charge in [-0.3, -0.25) is 0 Å². The lowest BCUT2D eigenvalue weighted by atomic mass is 9.49. The molecule has 0 aromatic rings. The molecule has 0 aromatic carbocycles. The van der Waals surface area contributed by atoms with E-state index in [4.69, 9.17) is 0 Å². The summed E-state index contributed by atoms with van der Waals surface area (Å²) in [5.74, 6) is 4.37. The third kappa shape index (κ3) is 2.21. The summed E-state index contributed by atoms with van der Waals surface area (Å²) in [6, 6.07) is 0. The van der Waals surface area contributed by atoms with Crippen LogP contribution in [0.15, 0.2) is 0 Å². The van der Waals surface area contributed by atoms with Gasteiger partial charge in [0, 0.05) is 13.1 Å². The van der Waals surface area contributed by atoms with Crippen LogP contribution in [0.1, 0.15) is 72.1 Å². The molecule has 24 heavy (non-hydrogen) atoms. The zero-order valence-corrected chi connectivity index (χ0v) is 16.1. The van der Waals surface area contributed by atoms with Gasteiger partial charge < -0.3 is 10.0 Å². The van der Waals surface area contributed by atoms with Crippen molar-refractivity contribution in [3.8, 4) is 0 Å². The molecule has 4 atom stereocenters. The molecular weight excluding hydrogens is 294 g/mol. The first-order valence-corrected chi connectivity index (χ1v) is 10.7. The first-order valence-electron chi connectivity index (χ1n) is 10.7. The van der Waals surface area contributed by atoms with Gasteiger partial charge in [0.05, 0.1) is 5.60 Å². The van der Waals surface area contributed by atoms with E-state index in [1.54, 1.807) is 0 Å². The van der Waals surface area contributed by atoms with E-state index in [1.165, 1.54) is 51.7 Å². The van der Waals surface area contributed by atoms with E-state index in [1.807, 2.05) is 0 Å². The molecule has 0 spiro atoms. The van der Waals surface area contributed by atoms with Crippen LogP contribution >= 0.6 is 0 Å². The van der Waals surface area contributed by atoms with Crippen LogP contribution in [-0.2, 0) is 0 Å². The Balaban J connectivity index is 1.24. The maximum atomic E-state index is 10.8. The lowest BCUT2D eigenvalue weighted by molar-refractivity contribution is -0.154. The average Bonchev–Trinajstić information content (AvgIpc) is 2.61. The molecule has 6 fully saturated rings. The molecule has 136 valence electrons. The summed E-state index contributed by atoms with van der Waals surface area (Å²) in [4.78, 5) is 2.82. The molecule has 5 saturated carbocycles. The van der Waals surface area contributed by atoms with Gasteiger partial charge in [-0.15, -0.1) is 0 Å². The standard InChI is InChI=1S/C22H37NO/c1-20(2)18-4-6-21(20,3)14-23(13-18)7-5-19-16-8-15-9-17(19)12-22(24,10-15)11-16/h15-19,24H,4-14H2,1-3H3/t15?,16?,17?,18?,19?,21-,22?/m1/s1. The zero-order valence-electron chi connectivity index (χ0n) is 16.1. The third-order valence-electron chi connectivity index (χ3n) is 9.89. The van der Waals surface area contributed by atoms with Crippen LogP contribution in [0.3, 0.4) is 0 Å². The SMILES string of the molecule is CC1(C)C2CC[C@]1(C)CN(CCC1C3CC4CC1CC(O)(C4)C3)C2. The lowest BCUT2D eigenvalue weighted by Crippen LogP contribution is -2.56. The molecule has 1 aliphatic heterocycles. The molecular formula is C22H37NO. The van der Waals surface area contributed by atoms with Crippen LogP contribution in [0.2, 0.25) is 0 Å². The van der Waals surface area contributed by atoms with E-state index in [2.05, 4.69) is 25.7 Å². The number of hydrogen-bond donors (Lipinski definition) is 1. The Kier molecular flexibility index (Phi) is 3.36. The Morgan fingerprint density at radius 2 is 1.75 bits per heavy atom. The number of nitrogens with zero attached hydrogens (tertiary/aromatic N) is 1. The van der Waals surface area contributed by atoms with Crippen LogP contribution in [0.25, 0.3) is 0 Å². The van der Waals surface area contributed by atoms with Crippen LogP contribution in [-0.4, -0.2) is 35.2 Å². The molecule has 6 bridgehead atoms. The molecule has 2 nitrogen and oxygen atoms in total. The number of aliphatic hydroxyl groups is 1. The Morgan fingerprint density at radius 3 is 2.38 bits per heavy atom. The van der Waals surface area contributed by atoms with Crippen LogP contribution in [0.4, 0.5) is 0 Å². The number of fused-ring (bicyclic) bond motifs is 2. The lowest BCUT2D eigenvalue weighted by Gasteiger charge is -2.58. The van der Waals surface area contributed by atoms with Crippen molar-refractivity contribution in [3.05, 3.63) is 0 Å². The average molecular weight is 332 g/mol. The minimum Gasteiger partial charge on any atom is -0.390 e. The highest BCUT2D eigenvalue weighted by Gasteiger charge is 2.56. The number of hydrogen-bond acceptors (Lipinski definition) is 2. The third-order valence-corrected chi connectivity index (χ3v) is 9.89. The molecule has 1 saturated heterocycles. The fourth-order valence-electron chi connectivity index (χ4n) is 8.20. The van der Waals surface area contributed by atoms with Crippen molar-refractivity contribution in [2.75, 3.05) is 19.6 Å². The summed E-state index contributed by atoms with van der Waals surface area (Å²) < 4.78 is 0. The summed E-state index contributed by atoms with van der Waals surface area (Å²) in [6.07, 6.45) is 10.5. The highest BCUT2D eigenvalue weighted by atomic mass is 16.3. The molecule has 6 rings (SSSR count). The number of piperidine rings is 1. The monoisotopic (exact) mass is 331 g/mol. The Bertz CT molecular complexity index is 512. The molecule has 3 unspecified atom stereocenters. The second-order valence-electron chi connectivity index (χ2n) is 11.4. The normalized spacial score (nSPS) is 55.2. The van der Waals surface area contributed by atoms with Gasteiger partial charge in [-0.2, -0.15) is 0 Å². The summed E-state index contributed by atoms with van der Waals surface area (Å²) >= 11 is 0. The van der Waals surface area contributed by atoms with Crippen molar-refractivity contribution in [1.29, 1.82) is 0 Å². The predicted molar refractivity (Wildman–Crippen MR) is 97.7 cm³/mol. The molecule has 6 aliphatic rings. The van der Waals surface area contributed by atoms with Crippen LogP contribution < -0.4 is 0 Å². The molecule has 0 amide bonds. The first kappa shape index (κ1) is 16.1. The molecule has 5 aliphatic carbocycles. The van der Waals surface area contributed by atoms with Crippen molar-refractivity contribution in [2.45, 2.75) is 77.7 Å². The van der Waals surface area contributed by atoms with Gasteiger partial charge in [0.15, 0.2) is 0 Å². The van der Waals surface area contributed by atoms with Crippen LogP contribution in [0, 0.1) is 40.4 Å². The van der Waals surface area contributed by atoms with Gasteiger partial charge in [0.2, 0.25) is 0 Å². The fourth-order valence-corrected chi connectivity index (χ4v) is 8.20. The minimum atomic E-state index is -0.255. The molecule has 1 N–H and O–H groups in total. The maximum absolute atomic E-state index is 10.8. The Hall–Kier alpha value is -0.0800. The summed E-state index contributed by atoms with van der Waals surface area (Å²) in [5, 5.41) is 10.8. The second kappa shape index (κ2) is 5.00. The van der Waals surface area contributed by atoms with E-state index in [-0.39, 0.29) is 5.60 Å². The number of rotatable bonds is 3. The van der Waals surface area contributed by atoms with Gasteiger partial charge in [-0.25, -0.2) is 0 Å². The zero-order chi connectivity index (χ0) is 16.7. The maximum Gasteiger partial charge on any atom is 0.0656 e. The van der Waals surface area contributed by atoms with Crippen molar-refractivity contribution < 1.29 is 5.11 Å². The largest absolute Gasteiger partial charge is 0.390 e. The summed E-state index contributed by atoms with van der Waals surface area (Å²) in [7, 11) is 0. The quantitative estimate of drug-likeness (QED) is 0.832. The van der Waals surface area contributed by atoms with Crippen LogP contribution in [0.5, 0.6) is 0 Å². The van der Waals surface area contributed by atoms with Gasteiger partial charge >= 0.3 is 0 Å². The van der Waals surface area contributed by atoms with Gasteiger partial charge in [0.1, 0.15) is 0 Å². The van der Waals surface area contributed by atoms with Gasteiger partial charge in [-0.05, 0) is 98.3 Å². The van der Waals surface area contributed by atoms with Crippen molar-refractivity contribution in [2.24, 2.45) is 40.4 Å². The summed E-state index contributed by atoms with van der Waals surface area (Å²) in [6.45, 7) is 11.6. The molecule has 1 heterocycles. The van der Waals surface area contributed by atoms with Crippen molar-refractivity contribution >= 4 is 0 Å². The molecule has 0 radical (unpaired) electrons. The number of likely N-dealkylation sites (tertiary alicyclic amines) is 1. The Labute approximate surface area is 148 Å². The molecule has 2 heteroatoms. The minimum absolute atomic E-state index is 0.255. The fraction of sp³-hybridized carbons (Fsp3) is 1.00. The highest BCUT2D eigenvalue weighted by Crippen LogP contribution is 2.60. The van der Waals surface area contributed by atoms with E-state index in [0.717, 1.165) is 48.9 Å². The molecule has 0 aromatic heterocycles. The van der Waals surface area contributed by atoms with E-state index in [0.29, 0.717) is 10.8 Å². The Morgan fingerprint density at radius 1 is 1.04 bits per heavy atom. The second-order valence-corrected chi connectivity index (χ2v) is 11.4. The highest BCUT2D eigenvalue weighted by molar-refractivity contribution is 5.07. The van der Waals surface area contributed by atoms with Gasteiger partial charge in [-0.1, -0.05) is 20.8 Å².